The van der Waals surface area contributed by atoms with Gasteiger partial charge in [-0.15, -0.1) is 0 Å². The maximum atomic E-state index is 12.2. The topological polar surface area (TPSA) is 66.8 Å². The van der Waals surface area contributed by atoms with E-state index in [9.17, 15) is 15.0 Å². The molecule has 1 heterocycles. The molecule has 6 heteroatoms. The minimum atomic E-state index is -0.541. The number of hydrogen-bond acceptors (Lipinski definition) is 4. The summed E-state index contributed by atoms with van der Waals surface area (Å²) in [5, 5.41) is 20.0. The Hall–Kier alpha value is -1.91. The average Bonchev–Trinajstić information content (AvgIpc) is 2.40. The van der Waals surface area contributed by atoms with Gasteiger partial charge in [0.25, 0.3) is 0 Å². The summed E-state index contributed by atoms with van der Waals surface area (Å²) in [5.41, 5.74) is 0.787. The van der Waals surface area contributed by atoms with Gasteiger partial charge < -0.3 is 14.9 Å². The predicted molar refractivity (Wildman–Crippen MR) is 78.6 cm³/mol. The molecular weight excluding hydrogens is 315 g/mol. The molecule has 1 atom stereocenters. The largest absolute Gasteiger partial charge is 0.508 e. The number of hydrogen-bond donors (Lipinski definition) is 2. The van der Waals surface area contributed by atoms with Crippen LogP contribution in [-0.2, 0) is 0 Å². The van der Waals surface area contributed by atoms with E-state index >= 15 is 0 Å². The van der Waals surface area contributed by atoms with Gasteiger partial charge in [0.15, 0.2) is 5.78 Å². The molecule has 0 aliphatic carbocycles. The fraction of sp³-hybridized carbons (Fsp3) is 0.133. The number of Topliss-reactive ketones (excluding diaryl/α,β-unsaturated/α-hetero) is 1. The first-order valence-corrected chi connectivity index (χ1v) is 6.92. The molecule has 0 amide bonds. The highest BCUT2D eigenvalue weighted by molar-refractivity contribution is 6.42. The van der Waals surface area contributed by atoms with E-state index in [-0.39, 0.29) is 35.0 Å². The van der Waals surface area contributed by atoms with Gasteiger partial charge in [0, 0.05) is 12.1 Å². The van der Waals surface area contributed by atoms with Crippen molar-refractivity contribution in [1.82, 2.24) is 0 Å². The molecule has 1 aliphatic rings. The SMILES string of the molecule is O=C1CC(c2ccc(Cl)c(Cl)c2)Oc2cc(O)cc(O)c21. The molecule has 0 radical (unpaired) electrons. The number of carbonyl (C=O) groups is 1. The maximum Gasteiger partial charge on any atom is 0.174 e. The van der Waals surface area contributed by atoms with Crippen LogP contribution in [0, 0.1) is 0 Å². The summed E-state index contributed by atoms with van der Waals surface area (Å²) in [4.78, 5) is 12.2. The number of phenolic OH excluding ortho intramolecular Hbond substituents is 2. The van der Waals surface area contributed by atoms with Crippen molar-refractivity contribution in [3.63, 3.8) is 0 Å². The lowest BCUT2D eigenvalue weighted by Gasteiger charge is -2.26. The van der Waals surface area contributed by atoms with Gasteiger partial charge in [-0.25, -0.2) is 0 Å². The van der Waals surface area contributed by atoms with E-state index in [1.807, 2.05) is 0 Å². The molecule has 0 saturated heterocycles. The zero-order valence-corrected chi connectivity index (χ0v) is 12.1. The van der Waals surface area contributed by atoms with E-state index in [0.29, 0.717) is 15.6 Å². The summed E-state index contributed by atoms with van der Waals surface area (Å²) in [6.07, 6.45) is -0.468. The zero-order chi connectivity index (χ0) is 15.1. The summed E-state index contributed by atoms with van der Waals surface area (Å²) < 4.78 is 5.70. The van der Waals surface area contributed by atoms with Crippen molar-refractivity contribution < 1.29 is 19.7 Å². The third-order valence-electron chi connectivity index (χ3n) is 3.30. The van der Waals surface area contributed by atoms with Gasteiger partial charge in [-0.05, 0) is 17.7 Å². The lowest BCUT2D eigenvalue weighted by Crippen LogP contribution is -2.20. The van der Waals surface area contributed by atoms with E-state index in [1.54, 1.807) is 18.2 Å². The molecule has 0 spiro atoms. The van der Waals surface area contributed by atoms with Gasteiger partial charge in [0.05, 0.1) is 16.5 Å². The average molecular weight is 325 g/mol. The van der Waals surface area contributed by atoms with Gasteiger partial charge in [0.2, 0.25) is 0 Å². The Labute approximate surface area is 130 Å². The fourth-order valence-electron chi connectivity index (χ4n) is 2.32. The molecule has 4 nitrogen and oxygen atoms in total. The molecule has 1 aliphatic heterocycles. The molecule has 0 fully saturated rings. The molecule has 1 unspecified atom stereocenters. The molecule has 108 valence electrons. The van der Waals surface area contributed by atoms with Crippen molar-refractivity contribution in [3.8, 4) is 17.2 Å². The van der Waals surface area contributed by atoms with Crippen molar-refractivity contribution in [1.29, 1.82) is 0 Å². The minimum Gasteiger partial charge on any atom is -0.508 e. The number of ether oxygens (including phenoxy) is 1. The number of phenols is 2. The van der Waals surface area contributed by atoms with Crippen LogP contribution in [0.1, 0.15) is 28.4 Å². The van der Waals surface area contributed by atoms with Gasteiger partial charge in [-0.3, -0.25) is 4.79 Å². The molecule has 0 saturated carbocycles. The third-order valence-corrected chi connectivity index (χ3v) is 4.04. The number of rotatable bonds is 1. The maximum absolute atomic E-state index is 12.2. The van der Waals surface area contributed by atoms with Crippen molar-refractivity contribution >= 4 is 29.0 Å². The molecule has 2 aromatic rings. The first-order valence-electron chi connectivity index (χ1n) is 6.16. The number of benzene rings is 2. The lowest BCUT2D eigenvalue weighted by atomic mass is 9.95. The summed E-state index contributed by atoms with van der Waals surface area (Å²) >= 11 is 11.8. The summed E-state index contributed by atoms with van der Waals surface area (Å²) in [7, 11) is 0. The Kier molecular flexibility index (Phi) is 3.43. The highest BCUT2D eigenvalue weighted by Gasteiger charge is 2.30. The van der Waals surface area contributed by atoms with Crippen LogP contribution in [0.3, 0.4) is 0 Å². The van der Waals surface area contributed by atoms with Crippen LogP contribution in [-0.4, -0.2) is 16.0 Å². The number of fused-ring (bicyclic) bond motifs is 1. The standard InChI is InChI=1S/C15H10Cl2O4/c16-9-2-1-7(3-10(9)17)13-6-12(20)15-11(19)4-8(18)5-14(15)21-13/h1-5,13,18-19H,6H2. The van der Waals surface area contributed by atoms with E-state index in [2.05, 4.69) is 0 Å². The fourth-order valence-corrected chi connectivity index (χ4v) is 2.63. The van der Waals surface area contributed by atoms with Crippen LogP contribution in [0.5, 0.6) is 17.2 Å². The van der Waals surface area contributed by atoms with Crippen LogP contribution in [0.4, 0.5) is 0 Å². The van der Waals surface area contributed by atoms with Crippen molar-refractivity contribution in [3.05, 3.63) is 51.5 Å². The molecular formula is C15H10Cl2O4. The number of carbonyl (C=O) groups excluding carboxylic acids is 1. The zero-order valence-electron chi connectivity index (χ0n) is 10.6. The molecule has 21 heavy (non-hydrogen) atoms. The summed E-state index contributed by atoms with van der Waals surface area (Å²) in [6.45, 7) is 0. The number of halogens is 2. The van der Waals surface area contributed by atoms with Crippen LogP contribution in [0.15, 0.2) is 30.3 Å². The van der Waals surface area contributed by atoms with Gasteiger partial charge >= 0.3 is 0 Å². The van der Waals surface area contributed by atoms with Crippen LogP contribution >= 0.6 is 23.2 Å². The van der Waals surface area contributed by atoms with E-state index in [1.165, 1.54) is 6.07 Å². The molecule has 3 rings (SSSR count). The Balaban J connectivity index is 2.01. The Morgan fingerprint density at radius 1 is 1.10 bits per heavy atom. The Bertz CT molecular complexity index is 743. The summed E-state index contributed by atoms with van der Waals surface area (Å²) in [5.74, 6) is -0.568. The summed E-state index contributed by atoms with van der Waals surface area (Å²) in [6, 6.07) is 7.40. The lowest BCUT2D eigenvalue weighted by molar-refractivity contribution is 0.0845. The van der Waals surface area contributed by atoms with Gasteiger partial charge in [-0.2, -0.15) is 0 Å². The van der Waals surface area contributed by atoms with Crippen LogP contribution in [0.2, 0.25) is 10.0 Å². The van der Waals surface area contributed by atoms with Crippen molar-refractivity contribution in [2.24, 2.45) is 0 Å². The van der Waals surface area contributed by atoms with E-state index in [4.69, 9.17) is 27.9 Å². The highest BCUT2D eigenvalue weighted by Crippen LogP contribution is 2.42. The molecule has 2 N–H and O–H groups in total. The monoisotopic (exact) mass is 324 g/mol. The molecule has 0 aromatic heterocycles. The van der Waals surface area contributed by atoms with E-state index in [0.717, 1.165) is 6.07 Å². The second-order valence-electron chi connectivity index (χ2n) is 4.75. The normalized spacial score (nSPS) is 17.2. The van der Waals surface area contributed by atoms with Crippen molar-refractivity contribution in [2.45, 2.75) is 12.5 Å². The van der Waals surface area contributed by atoms with Crippen LogP contribution < -0.4 is 4.74 Å². The third kappa shape index (κ3) is 2.52. The van der Waals surface area contributed by atoms with Crippen LogP contribution in [0.25, 0.3) is 0 Å². The smallest absolute Gasteiger partial charge is 0.174 e. The molecule has 0 bridgehead atoms. The Morgan fingerprint density at radius 2 is 1.86 bits per heavy atom. The predicted octanol–water partition coefficient (Wildman–Crippen LogP) is 4.11. The second kappa shape index (κ2) is 5.13. The quantitative estimate of drug-likeness (QED) is 0.828. The minimum absolute atomic E-state index is 0.0727. The number of ketones is 1. The molecule has 2 aromatic carbocycles. The van der Waals surface area contributed by atoms with Gasteiger partial charge in [0.1, 0.15) is 28.9 Å². The first kappa shape index (κ1) is 14.0. The number of aromatic hydroxyl groups is 2. The second-order valence-corrected chi connectivity index (χ2v) is 5.56. The van der Waals surface area contributed by atoms with Gasteiger partial charge in [-0.1, -0.05) is 29.3 Å². The van der Waals surface area contributed by atoms with E-state index < -0.39 is 6.10 Å². The highest BCUT2D eigenvalue weighted by atomic mass is 35.5. The Morgan fingerprint density at radius 3 is 2.57 bits per heavy atom. The van der Waals surface area contributed by atoms with Crippen molar-refractivity contribution in [2.75, 3.05) is 0 Å². The first-order chi connectivity index (χ1) is 9.95.